The van der Waals surface area contributed by atoms with Gasteiger partial charge in [-0.3, -0.25) is 14.7 Å². The van der Waals surface area contributed by atoms with Gasteiger partial charge in [0, 0.05) is 56.3 Å². The molecule has 0 bridgehead atoms. The van der Waals surface area contributed by atoms with Gasteiger partial charge in [-0.25, -0.2) is 4.98 Å². The number of carbonyl (C=O) groups excluding carboxylic acids is 1. The fraction of sp³-hybridized carbons (Fsp3) is 0.292. The van der Waals surface area contributed by atoms with Gasteiger partial charge >= 0.3 is 0 Å². The Labute approximate surface area is 180 Å². The number of nitrogens with zero attached hydrogens (tertiary/aromatic N) is 4. The summed E-state index contributed by atoms with van der Waals surface area (Å²) in [6.45, 7) is 2.90. The van der Waals surface area contributed by atoms with Crippen LogP contribution in [-0.4, -0.2) is 52.9 Å². The molecule has 4 aromatic rings. The van der Waals surface area contributed by atoms with Crippen molar-refractivity contribution in [2.75, 3.05) is 27.2 Å². The van der Waals surface area contributed by atoms with Crippen molar-refractivity contribution in [3.63, 3.8) is 0 Å². The monoisotopic (exact) mass is 416 g/mol. The minimum Gasteiger partial charge on any atom is -0.344 e. The highest BCUT2D eigenvalue weighted by atomic mass is 32.1. The van der Waals surface area contributed by atoms with Crippen molar-refractivity contribution in [3.8, 4) is 0 Å². The highest BCUT2D eigenvalue weighted by molar-refractivity contribution is 7.20. The molecule has 3 aromatic heterocycles. The van der Waals surface area contributed by atoms with Crippen LogP contribution in [0, 0.1) is 0 Å². The van der Waals surface area contributed by atoms with Gasteiger partial charge in [-0.15, -0.1) is 11.3 Å². The molecule has 1 aliphatic heterocycles. The third kappa shape index (κ3) is 3.46. The Morgan fingerprint density at radius 3 is 2.87 bits per heavy atom. The van der Waals surface area contributed by atoms with Gasteiger partial charge in [0.1, 0.15) is 4.83 Å². The quantitative estimate of drug-likeness (QED) is 0.490. The number of hydrogen-bond acceptors (Lipinski definition) is 5. The van der Waals surface area contributed by atoms with Gasteiger partial charge in [0.15, 0.2) is 0 Å². The molecule has 1 aliphatic rings. The molecule has 1 amide bonds. The number of fused-ring (bicyclic) bond motifs is 2. The van der Waals surface area contributed by atoms with Crippen molar-refractivity contribution < 1.29 is 4.79 Å². The second-order valence-electron chi connectivity index (χ2n) is 8.15. The molecule has 5 rings (SSSR count). The van der Waals surface area contributed by atoms with E-state index < -0.39 is 0 Å². The summed E-state index contributed by atoms with van der Waals surface area (Å²) in [5.41, 5.74) is 3.52. The smallest absolute Gasteiger partial charge is 0.263 e. The van der Waals surface area contributed by atoms with E-state index >= 15 is 0 Å². The molecule has 0 aliphatic carbocycles. The van der Waals surface area contributed by atoms with Crippen LogP contribution in [0.5, 0.6) is 0 Å². The van der Waals surface area contributed by atoms with E-state index in [9.17, 15) is 4.79 Å². The second-order valence-corrected chi connectivity index (χ2v) is 9.15. The molecule has 0 saturated carbocycles. The third-order valence-electron chi connectivity index (χ3n) is 5.86. The maximum atomic E-state index is 12.9. The zero-order chi connectivity index (χ0) is 20.7. The van der Waals surface area contributed by atoms with E-state index in [1.165, 1.54) is 27.8 Å². The van der Waals surface area contributed by atoms with Crippen molar-refractivity contribution in [1.82, 2.24) is 19.8 Å². The number of likely N-dealkylation sites (tertiary alicyclic amines) is 1. The molecule has 0 spiro atoms. The first-order valence-corrected chi connectivity index (χ1v) is 11.1. The van der Waals surface area contributed by atoms with Crippen molar-refractivity contribution in [3.05, 3.63) is 70.9 Å². The normalized spacial score (nSPS) is 17.1. The molecule has 152 valence electrons. The van der Waals surface area contributed by atoms with E-state index in [-0.39, 0.29) is 5.91 Å². The van der Waals surface area contributed by atoms with Crippen molar-refractivity contribution in [1.29, 1.82) is 0 Å². The lowest BCUT2D eigenvalue weighted by molar-refractivity contribution is 0.0831. The number of carbonyl (C=O) groups is 1. The second kappa shape index (κ2) is 7.78. The first-order chi connectivity index (χ1) is 14.6. The summed E-state index contributed by atoms with van der Waals surface area (Å²) < 4.78 is 0. The average molecular weight is 417 g/mol. The lowest BCUT2D eigenvalue weighted by Gasteiger charge is -2.18. The number of thiophene rings is 1. The minimum atomic E-state index is 0.0773. The summed E-state index contributed by atoms with van der Waals surface area (Å²) >= 11 is 1.53. The number of hydrogen-bond donors (Lipinski definition) is 0. The average Bonchev–Trinajstić information content (AvgIpc) is 3.37. The Morgan fingerprint density at radius 1 is 1.17 bits per heavy atom. The number of benzene rings is 1. The van der Waals surface area contributed by atoms with E-state index in [4.69, 9.17) is 0 Å². The first kappa shape index (κ1) is 19.2. The van der Waals surface area contributed by atoms with Gasteiger partial charge in [-0.05, 0) is 48.4 Å². The number of pyridine rings is 2. The zero-order valence-electron chi connectivity index (χ0n) is 17.2. The molecule has 5 nitrogen and oxygen atoms in total. The Hall–Kier alpha value is -2.83. The predicted octanol–water partition coefficient (Wildman–Crippen LogP) is 4.54. The maximum Gasteiger partial charge on any atom is 0.263 e. The molecule has 1 fully saturated rings. The van der Waals surface area contributed by atoms with Gasteiger partial charge in [0.2, 0.25) is 0 Å². The lowest BCUT2D eigenvalue weighted by atomic mass is 9.95. The number of aromatic nitrogens is 2. The Bertz CT molecular complexity index is 1230. The molecule has 0 N–H and O–H groups in total. The number of amides is 1. The summed E-state index contributed by atoms with van der Waals surface area (Å²) in [5, 5.41) is 2.32. The van der Waals surface area contributed by atoms with Crippen LogP contribution in [0.1, 0.15) is 33.1 Å². The van der Waals surface area contributed by atoms with E-state index in [0.717, 1.165) is 46.7 Å². The molecule has 0 radical (unpaired) electrons. The van der Waals surface area contributed by atoms with Crippen molar-refractivity contribution in [2.45, 2.75) is 18.9 Å². The minimum absolute atomic E-state index is 0.0773. The fourth-order valence-corrected chi connectivity index (χ4v) is 5.66. The molecule has 30 heavy (non-hydrogen) atoms. The molecule has 1 saturated heterocycles. The summed E-state index contributed by atoms with van der Waals surface area (Å²) in [5.74, 6) is 0.428. The Kier molecular flexibility index (Phi) is 4.97. The summed E-state index contributed by atoms with van der Waals surface area (Å²) in [7, 11) is 3.64. The lowest BCUT2D eigenvalue weighted by Crippen LogP contribution is -2.23. The molecule has 1 atom stereocenters. The molecule has 6 heteroatoms. The van der Waals surface area contributed by atoms with Crippen LogP contribution in [0.25, 0.3) is 21.1 Å². The topological polar surface area (TPSA) is 49.3 Å². The standard InChI is InChI=1S/C24H24N4OS/c1-27(2)24(29)22-21(19-6-4-11-26-23(19)30-22)18-9-12-28(15-18)14-16-7-8-20-17(13-16)5-3-10-25-20/h3-8,10-11,13,18H,9,12,14-15H2,1-2H3. The fourth-order valence-electron chi connectivity index (χ4n) is 4.41. The largest absolute Gasteiger partial charge is 0.344 e. The molecular formula is C24H24N4OS. The van der Waals surface area contributed by atoms with Crippen molar-refractivity contribution in [2.24, 2.45) is 0 Å². The Morgan fingerprint density at radius 2 is 2.00 bits per heavy atom. The summed E-state index contributed by atoms with van der Waals surface area (Å²) in [6.07, 6.45) is 4.70. The summed E-state index contributed by atoms with van der Waals surface area (Å²) in [6, 6.07) is 14.7. The van der Waals surface area contributed by atoms with Crippen LogP contribution in [0.2, 0.25) is 0 Å². The van der Waals surface area contributed by atoms with Gasteiger partial charge in [0.05, 0.1) is 10.4 Å². The van der Waals surface area contributed by atoms with Gasteiger partial charge < -0.3 is 4.90 Å². The van der Waals surface area contributed by atoms with Crippen LogP contribution < -0.4 is 0 Å². The van der Waals surface area contributed by atoms with Crippen LogP contribution >= 0.6 is 11.3 Å². The zero-order valence-corrected chi connectivity index (χ0v) is 18.0. The van der Waals surface area contributed by atoms with Crippen LogP contribution in [0.15, 0.2) is 54.9 Å². The third-order valence-corrected chi connectivity index (χ3v) is 6.98. The molecule has 1 unspecified atom stereocenters. The first-order valence-electron chi connectivity index (χ1n) is 10.3. The Balaban J connectivity index is 1.42. The van der Waals surface area contributed by atoms with E-state index in [1.807, 2.05) is 38.6 Å². The van der Waals surface area contributed by atoms with Crippen LogP contribution in [0.4, 0.5) is 0 Å². The highest BCUT2D eigenvalue weighted by Crippen LogP contribution is 2.40. The van der Waals surface area contributed by atoms with Gasteiger partial charge in [-0.1, -0.05) is 18.2 Å². The SMILES string of the molecule is CN(C)C(=O)c1sc2ncccc2c1C1CCN(Cc2ccc3ncccc3c2)C1. The van der Waals surface area contributed by atoms with E-state index in [2.05, 4.69) is 45.2 Å². The molecular weight excluding hydrogens is 392 g/mol. The number of rotatable bonds is 4. The molecule has 4 heterocycles. The summed E-state index contributed by atoms with van der Waals surface area (Å²) in [4.78, 5) is 27.8. The van der Waals surface area contributed by atoms with Gasteiger partial charge in [-0.2, -0.15) is 0 Å². The predicted molar refractivity (Wildman–Crippen MR) is 122 cm³/mol. The van der Waals surface area contributed by atoms with E-state index in [0.29, 0.717) is 5.92 Å². The van der Waals surface area contributed by atoms with Gasteiger partial charge in [0.25, 0.3) is 5.91 Å². The van der Waals surface area contributed by atoms with E-state index in [1.54, 1.807) is 4.90 Å². The highest BCUT2D eigenvalue weighted by Gasteiger charge is 2.31. The van der Waals surface area contributed by atoms with Crippen LogP contribution in [0.3, 0.4) is 0 Å². The van der Waals surface area contributed by atoms with Crippen LogP contribution in [-0.2, 0) is 6.54 Å². The molecule has 1 aromatic carbocycles. The maximum absolute atomic E-state index is 12.9. The van der Waals surface area contributed by atoms with Crippen molar-refractivity contribution >= 4 is 38.4 Å².